The molecule has 198 valence electrons. The maximum Gasteiger partial charge on any atom is 0.349 e. The molecule has 1 saturated carbocycles. The summed E-state index contributed by atoms with van der Waals surface area (Å²) in [6.07, 6.45) is 2.46. The number of carbonyl (C=O) groups is 1. The minimum atomic E-state index is -0.371. The lowest BCUT2D eigenvalue weighted by Gasteiger charge is -2.15. The molecular weight excluding hydrogens is 567 g/mol. The van der Waals surface area contributed by atoms with Crippen LogP contribution in [0.2, 0.25) is 15.1 Å². The van der Waals surface area contributed by atoms with Crippen molar-refractivity contribution < 1.29 is 18.8 Å². The third kappa shape index (κ3) is 4.93. The summed E-state index contributed by atoms with van der Waals surface area (Å²) >= 11 is 21.0. The van der Waals surface area contributed by atoms with Gasteiger partial charge in [0, 0.05) is 27.8 Å². The van der Waals surface area contributed by atoms with Crippen LogP contribution in [0.3, 0.4) is 0 Å². The standard InChI is InChI=1S/C28H25Cl3N2O4S/c1-14(2)25-16(24(33-37-25)23-19(29)6-5-7-20(23)30)13-36-15-8-9-17(21(31)10-15)28(3)11-18(28)26-32-12-22(38-26)27(34)35-4/h5-10,12,14,18H,11,13H2,1-4H3. The Morgan fingerprint density at radius 3 is 2.58 bits per heavy atom. The van der Waals surface area contributed by atoms with Crippen LogP contribution < -0.4 is 4.74 Å². The maximum absolute atomic E-state index is 11.8. The van der Waals surface area contributed by atoms with E-state index in [2.05, 4.69) is 17.1 Å². The van der Waals surface area contributed by atoms with Gasteiger partial charge in [-0.25, -0.2) is 9.78 Å². The molecule has 0 amide bonds. The molecule has 0 spiro atoms. The highest BCUT2D eigenvalue weighted by atomic mass is 35.5. The SMILES string of the molecule is COC(=O)c1cnc(C2CC2(C)c2ccc(OCc3c(-c4c(Cl)cccc4Cl)noc3C(C)C)cc2Cl)s1. The molecule has 2 heterocycles. The number of halogens is 3. The Morgan fingerprint density at radius 1 is 1.18 bits per heavy atom. The van der Waals surface area contributed by atoms with Crippen molar-refractivity contribution in [1.82, 2.24) is 10.1 Å². The number of ether oxygens (including phenoxy) is 2. The summed E-state index contributed by atoms with van der Waals surface area (Å²) < 4.78 is 16.7. The molecule has 1 aliphatic rings. The quantitative estimate of drug-likeness (QED) is 0.191. The van der Waals surface area contributed by atoms with E-state index < -0.39 is 0 Å². The fourth-order valence-electron chi connectivity index (χ4n) is 4.71. The highest BCUT2D eigenvalue weighted by Crippen LogP contribution is 2.62. The minimum Gasteiger partial charge on any atom is -0.489 e. The number of hydrogen-bond donors (Lipinski definition) is 0. The van der Waals surface area contributed by atoms with E-state index in [0.29, 0.717) is 42.7 Å². The van der Waals surface area contributed by atoms with Crippen LogP contribution in [0.15, 0.2) is 47.1 Å². The van der Waals surface area contributed by atoms with Gasteiger partial charge in [0.2, 0.25) is 0 Å². The van der Waals surface area contributed by atoms with Gasteiger partial charge in [-0.3, -0.25) is 0 Å². The summed E-state index contributed by atoms with van der Waals surface area (Å²) in [5.74, 6) is 1.22. The van der Waals surface area contributed by atoms with E-state index in [-0.39, 0.29) is 29.8 Å². The van der Waals surface area contributed by atoms with E-state index >= 15 is 0 Å². The van der Waals surface area contributed by atoms with Crippen LogP contribution in [0.25, 0.3) is 11.3 Å². The van der Waals surface area contributed by atoms with E-state index in [4.69, 9.17) is 48.8 Å². The lowest BCUT2D eigenvalue weighted by atomic mass is 9.95. The molecule has 1 aliphatic carbocycles. The first kappa shape index (κ1) is 27.0. The normalized spacial score (nSPS) is 18.6. The van der Waals surface area contributed by atoms with Crippen molar-refractivity contribution in [3.63, 3.8) is 0 Å². The van der Waals surface area contributed by atoms with Crippen molar-refractivity contribution >= 4 is 52.1 Å². The summed E-state index contributed by atoms with van der Waals surface area (Å²) in [4.78, 5) is 16.8. The van der Waals surface area contributed by atoms with Crippen molar-refractivity contribution in [2.24, 2.45) is 0 Å². The second-order valence-electron chi connectivity index (χ2n) is 9.78. The molecule has 5 rings (SSSR count). The number of benzene rings is 2. The predicted octanol–water partition coefficient (Wildman–Crippen LogP) is 8.69. The van der Waals surface area contributed by atoms with E-state index in [1.165, 1.54) is 18.4 Å². The van der Waals surface area contributed by atoms with Gasteiger partial charge in [-0.15, -0.1) is 11.3 Å². The Kier molecular flexibility index (Phi) is 7.48. The van der Waals surface area contributed by atoms with Crippen molar-refractivity contribution in [1.29, 1.82) is 0 Å². The largest absolute Gasteiger partial charge is 0.489 e. The topological polar surface area (TPSA) is 74.5 Å². The average Bonchev–Trinajstić information content (AvgIpc) is 3.22. The highest BCUT2D eigenvalue weighted by Gasteiger charge is 2.54. The number of carbonyl (C=O) groups excluding carboxylic acids is 1. The second-order valence-corrected chi connectivity index (χ2v) is 12.1. The first-order chi connectivity index (χ1) is 18.1. The number of aromatic nitrogens is 2. The predicted molar refractivity (Wildman–Crippen MR) is 150 cm³/mol. The van der Waals surface area contributed by atoms with Crippen molar-refractivity contribution in [3.05, 3.63) is 84.4 Å². The first-order valence-electron chi connectivity index (χ1n) is 12.0. The summed E-state index contributed by atoms with van der Waals surface area (Å²) in [7, 11) is 1.37. The number of rotatable bonds is 8. The van der Waals surface area contributed by atoms with Gasteiger partial charge >= 0.3 is 5.97 Å². The van der Waals surface area contributed by atoms with Crippen LogP contribution in [-0.4, -0.2) is 23.2 Å². The molecule has 0 aliphatic heterocycles. The monoisotopic (exact) mass is 590 g/mol. The van der Waals surface area contributed by atoms with Gasteiger partial charge in [-0.05, 0) is 36.2 Å². The summed E-state index contributed by atoms with van der Waals surface area (Å²) in [5, 5.41) is 6.78. The van der Waals surface area contributed by atoms with Crippen molar-refractivity contribution in [2.75, 3.05) is 7.11 Å². The Morgan fingerprint density at radius 2 is 1.92 bits per heavy atom. The van der Waals surface area contributed by atoms with E-state index in [1.807, 2.05) is 32.0 Å². The molecule has 2 unspecified atom stereocenters. The third-order valence-electron chi connectivity index (χ3n) is 6.93. The molecule has 4 aromatic rings. The molecular formula is C28H25Cl3N2O4S. The molecule has 2 aromatic carbocycles. The smallest absolute Gasteiger partial charge is 0.349 e. The molecule has 1 fully saturated rings. The zero-order valence-electron chi connectivity index (χ0n) is 21.2. The summed E-state index contributed by atoms with van der Waals surface area (Å²) in [6.45, 7) is 6.41. The van der Waals surface area contributed by atoms with E-state index in [0.717, 1.165) is 22.6 Å². The number of hydrogen-bond acceptors (Lipinski definition) is 7. The van der Waals surface area contributed by atoms with Crippen molar-refractivity contribution in [3.8, 4) is 17.0 Å². The fourth-order valence-corrected chi connectivity index (χ4v) is 6.76. The lowest BCUT2D eigenvalue weighted by molar-refractivity contribution is 0.0606. The van der Waals surface area contributed by atoms with Gasteiger partial charge in [0.05, 0.1) is 33.9 Å². The number of thiazole rings is 1. The van der Waals surface area contributed by atoms with Crippen LogP contribution in [-0.2, 0) is 16.8 Å². The molecule has 2 atom stereocenters. The zero-order valence-corrected chi connectivity index (χ0v) is 24.3. The highest BCUT2D eigenvalue weighted by molar-refractivity contribution is 7.13. The van der Waals surface area contributed by atoms with Gasteiger partial charge < -0.3 is 14.0 Å². The van der Waals surface area contributed by atoms with Crippen LogP contribution in [0.5, 0.6) is 5.75 Å². The molecule has 10 heteroatoms. The van der Waals surface area contributed by atoms with Crippen LogP contribution >= 0.6 is 46.1 Å². The molecule has 6 nitrogen and oxygen atoms in total. The van der Waals surface area contributed by atoms with Crippen LogP contribution in [0, 0.1) is 0 Å². The Bertz CT molecular complexity index is 1500. The minimum absolute atomic E-state index is 0.0828. The summed E-state index contributed by atoms with van der Waals surface area (Å²) in [6, 6.07) is 11.1. The second kappa shape index (κ2) is 10.5. The Labute approximate surface area is 239 Å². The van der Waals surface area contributed by atoms with E-state index in [9.17, 15) is 4.79 Å². The van der Waals surface area contributed by atoms with Gasteiger partial charge in [-0.1, -0.05) is 72.9 Å². The van der Waals surface area contributed by atoms with Gasteiger partial charge in [-0.2, -0.15) is 0 Å². The molecule has 0 N–H and O–H groups in total. The average molecular weight is 592 g/mol. The molecule has 0 radical (unpaired) electrons. The zero-order chi connectivity index (χ0) is 27.2. The number of nitrogens with zero attached hydrogens (tertiary/aromatic N) is 2. The molecule has 38 heavy (non-hydrogen) atoms. The third-order valence-corrected chi connectivity index (χ3v) is 8.96. The van der Waals surface area contributed by atoms with E-state index in [1.54, 1.807) is 24.4 Å². The number of methoxy groups -OCH3 is 1. The molecule has 0 bridgehead atoms. The van der Waals surface area contributed by atoms with Gasteiger partial charge in [0.25, 0.3) is 0 Å². The van der Waals surface area contributed by atoms with Gasteiger partial charge in [0.1, 0.15) is 28.7 Å². The number of esters is 1. The van der Waals surface area contributed by atoms with Crippen molar-refractivity contribution in [2.45, 2.75) is 51.0 Å². The van der Waals surface area contributed by atoms with Gasteiger partial charge in [0.15, 0.2) is 0 Å². The Balaban J connectivity index is 1.36. The fraction of sp³-hybridized carbons (Fsp3) is 0.321. The molecule has 0 saturated heterocycles. The first-order valence-corrected chi connectivity index (χ1v) is 14.0. The lowest BCUT2D eigenvalue weighted by Crippen LogP contribution is -2.06. The molecule has 2 aromatic heterocycles. The van der Waals surface area contributed by atoms with Crippen LogP contribution in [0.4, 0.5) is 0 Å². The Hall–Kier alpha value is -2.58. The summed E-state index contributed by atoms with van der Waals surface area (Å²) in [5.41, 5.74) is 2.81. The maximum atomic E-state index is 11.8. The van der Waals surface area contributed by atoms with Crippen LogP contribution in [0.1, 0.15) is 70.6 Å².